The van der Waals surface area contributed by atoms with Crippen LogP contribution in [0.4, 0.5) is 0 Å². The highest BCUT2D eigenvalue weighted by Gasteiger charge is 2.17. The molecule has 0 aliphatic carbocycles. The maximum Gasteiger partial charge on any atom is 0.308 e. The van der Waals surface area contributed by atoms with Gasteiger partial charge in [-0.25, -0.2) is 0 Å². The third-order valence-corrected chi connectivity index (χ3v) is 6.54. The second-order valence-electron chi connectivity index (χ2n) is 9.71. The van der Waals surface area contributed by atoms with E-state index in [1.807, 2.05) is 0 Å². The van der Waals surface area contributed by atoms with Crippen molar-refractivity contribution in [1.29, 1.82) is 0 Å². The molecule has 0 spiro atoms. The molecule has 0 radical (unpaired) electrons. The number of hydrogen-bond acceptors (Lipinski definition) is 2. The van der Waals surface area contributed by atoms with Crippen LogP contribution in [0.15, 0.2) is 0 Å². The first kappa shape index (κ1) is 29.5. The van der Waals surface area contributed by atoms with E-state index in [1.54, 1.807) is 0 Å². The van der Waals surface area contributed by atoms with Crippen molar-refractivity contribution < 1.29 is 9.53 Å². The number of hydrogen-bond donors (Lipinski definition) is 0. The molecule has 0 aromatic carbocycles. The van der Waals surface area contributed by atoms with Crippen LogP contribution >= 0.6 is 0 Å². The Labute approximate surface area is 190 Å². The SMILES string of the molecule is CCCCCCCCCCC(CCCCCC)COC(=O)C(C)CCCCCCC. The van der Waals surface area contributed by atoms with Crippen molar-refractivity contribution in [3.05, 3.63) is 0 Å². The topological polar surface area (TPSA) is 26.3 Å². The lowest BCUT2D eigenvalue weighted by atomic mass is 9.95. The van der Waals surface area contributed by atoms with Crippen molar-refractivity contribution in [1.82, 2.24) is 0 Å². The van der Waals surface area contributed by atoms with E-state index in [1.165, 1.54) is 116 Å². The zero-order chi connectivity index (χ0) is 22.3. The molecule has 0 aliphatic heterocycles. The van der Waals surface area contributed by atoms with E-state index in [0.29, 0.717) is 12.5 Å². The average Bonchev–Trinajstić information content (AvgIpc) is 2.75. The second kappa shape index (κ2) is 23.1. The maximum atomic E-state index is 12.4. The summed E-state index contributed by atoms with van der Waals surface area (Å²) < 4.78 is 5.78. The Morgan fingerprint density at radius 2 is 0.933 bits per heavy atom. The Bertz CT molecular complexity index is 353. The molecular formula is C28H56O2. The van der Waals surface area contributed by atoms with Gasteiger partial charge in [-0.3, -0.25) is 4.79 Å². The highest BCUT2D eigenvalue weighted by atomic mass is 16.5. The van der Waals surface area contributed by atoms with Crippen LogP contribution in [0.2, 0.25) is 0 Å². The first-order valence-electron chi connectivity index (χ1n) is 13.8. The quantitative estimate of drug-likeness (QED) is 0.120. The standard InChI is InChI=1S/C28H56O2/c1-5-8-11-14-15-16-18-21-24-27(23-20-13-10-7-3)25-30-28(29)26(4)22-19-17-12-9-6-2/h26-27H,5-25H2,1-4H3. The molecule has 0 aromatic heterocycles. The third-order valence-electron chi connectivity index (χ3n) is 6.54. The Morgan fingerprint density at radius 3 is 1.40 bits per heavy atom. The first-order chi connectivity index (χ1) is 14.7. The van der Waals surface area contributed by atoms with Crippen molar-refractivity contribution in [3.8, 4) is 0 Å². The van der Waals surface area contributed by atoms with Crippen molar-refractivity contribution >= 4 is 5.97 Å². The van der Waals surface area contributed by atoms with Crippen LogP contribution in [0.3, 0.4) is 0 Å². The number of rotatable bonds is 23. The van der Waals surface area contributed by atoms with Gasteiger partial charge in [-0.1, -0.05) is 137 Å². The largest absolute Gasteiger partial charge is 0.465 e. The number of ether oxygens (including phenoxy) is 1. The summed E-state index contributed by atoms with van der Waals surface area (Å²) in [6.07, 6.45) is 26.0. The summed E-state index contributed by atoms with van der Waals surface area (Å²) in [5.74, 6) is 0.679. The number of carbonyl (C=O) groups is 1. The van der Waals surface area contributed by atoms with Crippen LogP contribution in [-0.2, 0) is 9.53 Å². The van der Waals surface area contributed by atoms with Crippen LogP contribution in [0.25, 0.3) is 0 Å². The predicted molar refractivity (Wildman–Crippen MR) is 133 cm³/mol. The molecule has 2 unspecified atom stereocenters. The van der Waals surface area contributed by atoms with E-state index in [0.717, 1.165) is 12.8 Å². The first-order valence-corrected chi connectivity index (χ1v) is 13.8. The number of unbranched alkanes of at least 4 members (excludes halogenated alkanes) is 14. The Kier molecular flexibility index (Phi) is 22.7. The van der Waals surface area contributed by atoms with Gasteiger partial charge in [0.1, 0.15) is 0 Å². The summed E-state index contributed by atoms with van der Waals surface area (Å²) in [5, 5.41) is 0. The molecule has 0 saturated heterocycles. The van der Waals surface area contributed by atoms with E-state index < -0.39 is 0 Å². The van der Waals surface area contributed by atoms with E-state index >= 15 is 0 Å². The summed E-state index contributed by atoms with van der Waals surface area (Å²) in [7, 11) is 0. The summed E-state index contributed by atoms with van der Waals surface area (Å²) in [4.78, 5) is 12.4. The van der Waals surface area contributed by atoms with Crippen LogP contribution in [-0.4, -0.2) is 12.6 Å². The Balaban J connectivity index is 4.06. The highest BCUT2D eigenvalue weighted by molar-refractivity contribution is 5.71. The molecule has 0 saturated carbocycles. The monoisotopic (exact) mass is 424 g/mol. The Morgan fingerprint density at radius 1 is 0.567 bits per heavy atom. The lowest BCUT2D eigenvalue weighted by Gasteiger charge is -2.19. The van der Waals surface area contributed by atoms with E-state index in [2.05, 4.69) is 27.7 Å². The summed E-state index contributed by atoms with van der Waals surface area (Å²) in [5.41, 5.74) is 0. The van der Waals surface area contributed by atoms with Gasteiger partial charge < -0.3 is 4.74 Å². The van der Waals surface area contributed by atoms with Crippen LogP contribution < -0.4 is 0 Å². The molecule has 180 valence electrons. The molecule has 0 aromatic rings. The normalized spacial score (nSPS) is 13.3. The zero-order valence-electron chi connectivity index (χ0n) is 21.3. The number of carbonyl (C=O) groups excluding carboxylic acids is 1. The second-order valence-corrected chi connectivity index (χ2v) is 9.71. The van der Waals surface area contributed by atoms with Crippen LogP contribution in [0, 0.1) is 11.8 Å². The van der Waals surface area contributed by atoms with Crippen molar-refractivity contribution in [2.75, 3.05) is 6.61 Å². The van der Waals surface area contributed by atoms with Crippen molar-refractivity contribution in [3.63, 3.8) is 0 Å². The zero-order valence-corrected chi connectivity index (χ0v) is 21.3. The number of esters is 1. The van der Waals surface area contributed by atoms with Crippen molar-refractivity contribution in [2.45, 2.75) is 156 Å². The average molecular weight is 425 g/mol. The fourth-order valence-electron chi connectivity index (χ4n) is 4.25. The maximum absolute atomic E-state index is 12.4. The molecular weight excluding hydrogens is 368 g/mol. The third kappa shape index (κ3) is 19.4. The molecule has 0 rings (SSSR count). The van der Waals surface area contributed by atoms with Crippen LogP contribution in [0.5, 0.6) is 0 Å². The predicted octanol–water partition coefficient (Wildman–Crippen LogP) is 9.64. The lowest BCUT2D eigenvalue weighted by molar-refractivity contribution is -0.149. The molecule has 0 fully saturated rings. The van der Waals surface area contributed by atoms with Gasteiger partial charge in [-0.05, 0) is 25.2 Å². The van der Waals surface area contributed by atoms with Crippen molar-refractivity contribution in [2.24, 2.45) is 11.8 Å². The van der Waals surface area contributed by atoms with Gasteiger partial charge in [0, 0.05) is 0 Å². The summed E-state index contributed by atoms with van der Waals surface area (Å²) in [6, 6.07) is 0. The van der Waals surface area contributed by atoms with Gasteiger partial charge in [-0.15, -0.1) is 0 Å². The Hall–Kier alpha value is -0.530. The molecule has 0 amide bonds. The molecule has 2 heteroatoms. The lowest BCUT2D eigenvalue weighted by Crippen LogP contribution is -2.20. The fourth-order valence-corrected chi connectivity index (χ4v) is 4.25. The molecule has 0 bridgehead atoms. The molecule has 0 heterocycles. The fraction of sp³-hybridized carbons (Fsp3) is 0.964. The molecule has 0 N–H and O–H groups in total. The van der Waals surface area contributed by atoms with Gasteiger partial charge in [0.05, 0.1) is 12.5 Å². The van der Waals surface area contributed by atoms with Crippen LogP contribution in [0.1, 0.15) is 156 Å². The smallest absolute Gasteiger partial charge is 0.308 e. The van der Waals surface area contributed by atoms with Gasteiger partial charge in [0.25, 0.3) is 0 Å². The van der Waals surface area contributed by atoms with Gasteiger partial charge in [0.15, 0.2) is 0 Å². The van der Waals surface area contributed by atoms with Gasteiger partial charge in [0.2, 0.25) is 0 Å². The van der Waals surface area contributed by atoms with Gasteiger partial charge >= 0.3 is 5.97 Å². The summed E-state index contributed by atoms with van der Waals surface area (Å²) in [6.45, 7) is 9.50. The highest BCUT2D eigenvalue weighted by Crippen LogP contribution is 2.21. The van der Waals surface area contributed by atoms with E-state index in [-0.39, 0.29) is 11.9 Å². The molecule has 0 aliphatic rings. The van der Waals surface area contributed by atoms with E-state index in [4.69, 9.17) is 4.74 Å². The minimum Gasteiger partial charge on any atom is -0.465 e. The minimum absolute atomic E-state index is 0.0416. The minimum atomic E-state index is 0.0416. The summed E-state index contributed by atoms with van der Waals surface area (Å²) >= 11 is 0. The molecule has 2 nitrogen and oxygen atoms in total. The van der Waals surface area contributed by atoms with Gasteiger partial charge in [-0.2, -0.15) is 0 Å². The van der Waals surface area contributed by atoms with E-state index in [9.17, 15) is 4.79 Å². The molecule has 30 heavy (non-hydrogen) atoms. The molecule has 2 atom stereocenters.